The Kier molecular flexibility index (Phi) is 5.20. The Morgan fingerprint density at radius 2 is 1.47 bits per heavy atom. The minimum absolute atomic E-state index is 0.300. The molecular formula is C16H17Br2N. The summed E-state index contributed by atoms with van der Waals surface area (Å²) >= 11 is 7.07. The molecule has 1 nitrogen and oxygen atoms in total. The molecule has 3 heteroatoms. The Hall–Kier alpha value is -0.640. The molecule has 1 unspecified atom stereocenters. The first-order valence-corrected chi connectivity index (χ1v) is 7.92. The SMILES string of the molecule is CC(N[C@@H](C)c1ccc(Br)cc1)c1ccccc1Br. The van der Waals surface area contributed by atoms with E-state index in [1.54, 1.807) is 0 Å². The maximum absolute atomic E-state index is 3.63. The van der Waals surface area contributed by atoms with Gasteiger partial charge in [-0.2, -0.15) is 0 Å². The predicted octanol–water partition coefficient (Wildman–Crippen LogP) is 5.62. The lowest BCUT2D eigenvalue weighted by molar-refractivity contribution is 0.493. The first-order chi connectivity index (χ1) is 9.08. The number of hydrogen-bond acceptors (Lipinski definition) is 1. The van der Waals surface area contributed by atoms with Crippen LogP contribution in [0.2, 0.25) is 0 Å². The second-order valence-corrected chi connectivity index (χ2v) is 6.45. The fraction of sp³-hybridized carbons (Fsp3) is 0.250. The molecule has 2 aromatic rings. The highest BCUT2D eigenvalue weighted by atomic mass is 79.9. The lowest BCUT2D eigenvalue weighted by Gasteiger charge is -2.21. The lowest BCUT2D eigenvalue weighted by Crippen LogP contribution is -2.22. The number of hydrogen-bond donors (Lipinski definition) is 1. The van der Waals surface area contributed by atoms with Gasteiger partial charge in [-0.15, -0.1) is 0 Å². The summed E-state index contributed by atoms with van der Waals surface area (Å²) in [6.07, 6.45) is 0. The standard InChI is InChI=1S/C16H17Br2N/c1-11(13-7-9-14(17)10-8-13)19-12(2)15-5-3-4-6-16(15)18/h3-12,19H,1-2H3/t11-,12?/m0/s1. The van der Waals surface area contributed by atoms with E-state index < -0.39 is 0 Å². The van der Waals surface area contributed by atoms with Gasteiger partial charge in [-0.25, -0.2) is 0 Å². The molecule has 0 saturated carbocycles. The van der Waals surface area contributed by atoms with Crippen molar-refractivity contribution in [1.82, 2.24) is 5.32 Å². The van der Waals surface area contributed by atoms with Crippen molar-refractivity contribution in [3.8, 4) is 0 Å². The van der Waals surface area contributed by atoms with Gasteiger partial charge in [0.05, 0.1) is 0 Å². The van der Waals surface area contributed by atoms with Gasteiger partial charge >= 0.3 is 0 Å². The molecule has 0 radical (unpaired) electrons. The summed E-state index contributed by atoms with van der Waals surface area (Å²) in [5, 5.41) is 3.63. The number of rotatable bonds is 4. The van der Waals surface area contributed by atoms with Gasteiger partial charge in [-0.05, 0) is 43.2 Å². The third kappa shape index (κ3) is 3.91. The largest absolute Gasteiger partial charge is 0.304 e. The lowest BCUT2D eigenvalue weighted by atomic mass is 10.0. The molecule has 1 N–H and O–H groups in total. The Morgan fingerprint density at radius 3 is 2.11 bits per heavy atom. The first kappa shape index (κ1) is 14.8. The zero-order chi connectivity index (χ0) is 13.8. The molecule has 0 aromatic heterocycles. The number of benzene rings is 2. The second-order valence-electron chi connectivity index (χ2n) is 4.68. The molecule has 19 heavy (non-hydrogen) atoms. The molecule has 0 amide bonds. The molecule has 2 aromatic carbocycles. The minimum Gasteiger partial charge on any atom is -0.304 e. The van der Waals surface area contributed by atoms with Crippen LogP contribution in [0.3, 0.4) is 0 Å². The van der Waals surface area contributed by atoms with E-state index in [1.165, 1.54) is 11.1 Å². The van der Waals surface area contributed by atoms with Crippen molar-refractivity contribution in [2.45, 2.75) is 25.9 Å². The Labute approximate surface area is 131 Å². The van der Waals surface area contributed by atoms with E-state index in [9.17, 15) is 0 Å². The van der Waals surface area contributed by atoms with Crippen LogP contribution in [-0.4, -0.2) is 0 Å². The van der Waals surface area contributed by atoms with Crippen LogP contribution in [0.15, 0.2) is 57.5 Å². The quantitative estimate of drug-likeness (QED) is 0.723. The van der Waals surface area contributed by atoms with Crippen LogP contribution in [0.4, 0.5) is 0 Å². The van der Waals surface area contributed by atoms with Crippen LogP contribution in [0, 0.1) is 0 Å². The van der Waals surface area contributed by atoms with Gasteiger partial charge in [0, 0.05) is 21.0 Å². The van der Waals surface area contributed by atoms with Crippen molar-refractivity contribution in [1.29, 1.82) is 0 Å². The van der Waals surface area contributed by atoms with Crippen LogP contribution in [0.5, 0.6) is 0 Å². The van der Waals surface area contributed by atoms with Gasteiger partial charge < -0.3 is 5.32 Å². The number of nitrogens with one attached hydrogen (secondary N) is 1. The average molecular weight is 383 g/mol. The highest BCUT2D eigenvalue weighted by Gasteiger charge is 2.12. The molecule has 0 bridgehead atoms. The van der Waals surface area contributed by atoms with Gasteiger partial charge in [0.2, 0.25) is 0 Å². The normalized spacial score (nSPS) is 14.1. The van der Waals surface area contributed by atoms with Gasteiger partial charge in [0.25, 0.3) is 0 Å². The smallest absolute Gasteiger partial charge is 0.0308 e. The van der Waals surface area contributed by atoms with E-state index in [4.69, 9.17) is 0 Å². The highest BCUT2D eigenvalue weighted by Crippen LogP contribution is 2.25. The fourth-order valence-corrected chi connectivity index (χ4v) is 3.03. The molecule has 0 fully saturated rings. The topological polar surface area (TPSA) is 12.0 Å². The molecule has 0 aliphatic rings. The van der Waals surface area contributed by atoms with Crippen LogP contribution in [0.1, 0.15) is 37.1 Å². The number of halogens is 2. The Balaban J connectivity index is 2.08. The molecule has 2 atom stereocenters. The molecular weight excluding hydrogens is 366 g/mol. The minimum atomic E-state index is 0.300. The van der Waals surface area contributed by atoms with Crippen molar-refractivity contribution >= 4 is 31.9 Å². The van der Waals surface area contributed by atoms with Gasteiger partial charge in [-0.1, -0.05) is 62.2 Å². The molecule has 100 valence electrons. The summed E-state index contributed by atoms with van der Waals surface area (Å²) in [5.74, 6) is 0. The maximum Gasteiger partial charge on any atom is 0.0308 e. The van der Waals surface area contributed by atoms with Crippen LogP contribution in [-0.2, 0) is 0 Å². The average Bonchev–Trinajstić information content (AvgIpc) is 2.39. The molecule has 2 rings (SSSR count). The van der Waals surface area contributed by atoms with E-state index in [0.29, 0.717) is 12.1 Å². The van der Waals surface area contributed by atoms with Gasteiger partial charge in [-0.3, -0.25) is 0 Å². The second kappa shape index (κ2) is 6.69. The molecule has 0 aliphatic heterocycles. The van der Waals surface area contributed by atoms with E-state index >= 15 is 0 Å². The first-order valence-electron chi connectivity index (χ1n) is 6.34. The third-order valence-electron chi connectivity index (χ3n) is 3.24. The van der Waals surface area contributed by atoms with Crippen LogP contribution < -0.4 is 5.32 Å². The van der Waals surface area contributed by atoms with Gasteiger partial charge in [0.15, 0.2) is 0 Å². The summed E-state index contributed by atoms with van der Waals surface area (Å²) in [7, 11) is 0. The van der Waals surface area contributed by atoms with Gasteiger partial charge in [0.1, 0.15) is 0 Å². The Morgan fingerprint density at radius 1 is 0.842 bits per heavy atom. The summed E-state index contributed by atoms with van der Waals surface area (Å²) in [4.78, 5) is 0. The van der Waals surface area contributed by atoms with E-state index in [-0.39, 0.29) is 0 Å². The molecule has 0 heterocycles. The summed E-state index contributed by atoms with van der Waals surface area (Å²) in [6.45, 7) is 4.38. The monoisotopic (exact) mass is 381 g/mol. The van der Waals surface area contributed by atoms with Crippen LogP contribution in [0.25, 0.3) is 0 Å². The highest BCUT2D eigenvalue weighted by molar-refractivity contribution is 9.10. The van der Waals surface area contributed by atoms with E-state index in [2.05, 4.69) is 93.5 Å². The zero-order valence-corrected chi connectivity index (χ0v) is 14.2. The molecule has 0 aliphatic carbocycles. The van der Waals surface area contributed by atoms with Crippen molar-refractivity contribution in [3.05, 3.63) is 68.6 Å². The van der Waals surface area contributed by atoms with Crippen molar-refractivity contribution in [2.75, 3.05) is 0 Å². The predicted molar refractivity (Wildman–Crippen MR) is 88.2 cm³/mol. The summed E-state index contributed by atoms with van der Waals surface area (Å²) in [6, 6.07) is 17.4. The molecule has 0 spiro atoms. The van der Waals surface area contributed by atoms with Crippen molar-refractivity contribution in [3.63, 3.8) is 0 Å². The van der Waals surface area contributed by atoms with Crippen LogP contribution >= 0.6 is 31.9 Å². The zero-order valence-electron chi connectivity index (χ0n) is 11.0. The maximum atomic E-state index is 3.63. The Bertz CT molecular complexity index is 537. The van der Waals surface area contributed by atoms with E-state index in [1.807, 2.05) is 6.07 Å². The summed E-state index contributed by atoms with van der Waals surface area (Å²) in [5.41, 5.74) is 2.58. The third-order valence-corrected chi connectivity index (χ3v) is 4.49. The van der Waals surface area contributed by atoms with E-state index in [0.717, 1.165) is 8.95 Å². The fourth-order valence-electron chi connectivity index (χ4n) is 2.14. The van der Waals surface area contributed by atoms with Crippen molar-refractivity contribution in [2.24, 2.45) is 0 Å². The van der Waals surface area contributed by atoms with Crippen molar-refractivity contribution < 1.29 is 0 Å². The molecule has 0 saturated heterocycles. The summed E-state index contributed by atoms with van der Waals surface area (Å²) < 4.78 is 2.26.